The standard InChI is InChI=1S/C27H32O8/c1-17-8-10-26-15-32-24(30)13-18(2)9-11-31-22(28)6-4-5-7-23(29)35-19-14-21(34-20(26)12-17)27(16-33-27)25(19,26)3/h4-7,12-13,19-21H,8-11,14-16H2,1-3H3/t19?,20-,21-,25+,26-,27+/m1/s1. The minimum atomic E-state index is -0.613. The summed E-state index contributed by atoms with van der Waals surface area (Å²) in [6.45, 7) is 6.77. The van der Waals surface area contributed by atoms with Gasteiger partial charge in [-0.1, -0.05) is 36.3 Å². The van der Waals surface area contributed by atoms with Crippen LogP contribution in [0.3, 0.4) is 0 Å². The average Bonchev–Trinajstić information content (AvgIpc) is 3.58. The van der Waals surface area contributed by atoms with Crippen molar-refractivity contribution in [3.05, 3.63) is 47.6 Å². The van der Waals surface area contributed by atoms with Crippen molar-refractivity contribution >= 4 is 17.9 Å². The van der Waals surface area contributed by atoms with Gasteiger partial charge in [-0.25, -0.2) is 14.4 Å². The summed E-state index contributed by atoms with van der Waals surface area (Å²) in [6, 6.07) is 0. The largest absolute Gasteiger partial charge is 0.462 e. The lowest BCUT2D eigenvalue weighted by Gasteiger charge is -2.58. The Bertz CT molecular complexity index is 1050. The van der Waals surface area contributed by atoms with Gasteiger partial charge in [0.05, 0.1) is 30.8 Å². The number of epoxide rings is 1. The number of hydrogen-bond acceptors (Lipinski definition) is 8. The molecule has 0 N–H and O–H groups in total. The molecule has 188 valence electrons. The maximum atomic E-state index is 12.8. The predicted molar refractivity (Wildman–Crippen MR) is 124 cm³/mol. The molecule has 3 aliphatic heterocycles. The fourth-order valence-electron chi connectivity index (χ4n) is 6.46. The zero-order valence-corrected chi connectivity index (χ0v) is 20.4. The smallest absolute Gasteiger partial charge is 0.331 e. The lowest BCUT2D eigenvalue weighted by Crippen LogP contribution is -2.66. The molecule has 1 unspecified atom stereocenters. The number of ether oxygens (including phenoxy) is 5. The highest BCUT2D eigenvalue weighted by Crippen LogP contribution is 2.72. The van der Waals surface area contributed by atoms with Crippen molar-refractivity contribution in [1.82, 2.24) is 0 Å². The molecule has 35 heavy (non-hydrogen) atoms. The van der Waals surface area contributed by atoms with E-state index in [0.29, 0.717) is 19.4 Å². The summed E-state index contributed by atoms with van der Waals surface area (Å²) in [5.74, 6) is -1.50. The number of allylic oxidation sites excluding steroid dienone is 3. The first-order chi connectivity index (χ1) is 16.7. The van der Waals surface area contributed by atoms with E-state index in [4.69, 9.17) is 23.7 Å². The molecule has 2 bridgehead atoms. The maximum Gasteiger partial charge on any atom is 0.331 e. The molecule has 0 amide bonds. The van der Waals surface area contributed by atoms with Crippen LogP contribution in [0, 0.1) is 10.8 Å². The number of carbonyl (C=O) groups excluding carboxylic acids is 3. The van der Waals surface area contributed by atoms with Crippen molar-refractivity contribution in [2.45, 2.75) is 70.4 Å². The maximum absolute atomic E-state index is 12.8. The first-order valence-corrected chi connectivity index (χ1v) is 12.2. The van der Waals surface area contributed by atoms with Gasteiger partial charge in [0.1, 0.15) is 18.3 Å². The van der Waals surface area contributed by atoms with Crippen LogP contribution in [0.1, 0.15) is 46.5 Å². The Morgan fingerprint density at radius 3 is 2.37 bits per heavy atom. The fourth-order valence-corrected chi connectivity index (χ4v) is 6.46. The molecule has 2 saturated heterocycles. The first-order valence-electron chi connectivity index (χ1n) is 12.2. The molecule has 0 aromatic carbocycles. The van der Waals surface area contributed by atoms with Gasteiger partial charge in [-0.3, -0.25) is 0 Å². The van der Waals surface area contributed by atoms with Crippen molar-refractivity contribution in [1.29, 1.82) is 0 Å². The number of rotatable bonds is 0. The predicted octanol–water partition coefficient (Wildman–Crippen LogP) is 3.12. The molecule has 5 rings (SSSR count). The van der Waals surface area contributed by atoms with Crippen LogP contribution in [-0.4, -0.2) is 61.6 Å². The molecular weight excluding hydrogens is 452 g/mol. The van der Waals surface area contributed by atoms with Crippen LogP contribution >= 0.6 is 0 Å². The van der Waals surface area contributed by atoms with Crippen LogP contribution in [-0.2, 0) is 38.1 Å². The summed E-state index contributed by atoms with van der Waals surface area (Å²) in [5.41, 5.74) is 0.194. The normalized spacial score (nSPS) is 41.6. The van der Waals surface area contributed by atoms with E-state index >= 15 is 0 Å². The van der Waals surface area contributed by atoms with Crippen molar-refractivity contribution in [2.24, 2.45) is 10.8 Å². The lowest BCUT2D eigenvalue weighted by atomic mass is 9.51. The first kappa shape index (κ1) is 24.0. The van der Waals surface area contributed by atoms with Gasteiger partial charge in [-0.05, 0) is 26.7 Å². The molecule has 0 radical (unpaired) electrons. The lowest BCUT2D eigenvalue weighted by molar-refractivity contribution is -0.232. The van der Waals surface area contributed by atoms with E-state index in [1.54, 1.807) is 6.92 Å². The van der Waals surface area contributed by atoms with Gasteiger partial charge in [0.2, 0.25) is 0 Å². The Balaban J connectivity index is 1.53. The molecule has 6 atom stereocenters. The molecule has 3 heterocycles. The second-order valence-electron chi connectivity index (χ2n) is 10.5. The Kier molecular flexibility index (Phi) is 6.00. The monoisotopic (exact) mass is 484 g/mol. The van der Waals surface area contributed by atoms with Gasteiger partial charge in [0.25, 0.3) is 0 Å². The quantitative estimate of drug-likeness (QED) is 0.224. The molecule has 0 aromatic heterocycles. The van der Waals surface area contributed by atoms with E-state index in [1.807, 2.05) is 0 Å². The Labute approximate surface area is 204 Å². The molecule has 8 heteroatoms. The second kappa shape index (κ2) is 8.75. The van der Waals surface area contributed by atoms with E-state index in [-0.39, 0.29) is 25.4 Å². The third kappa shape index (κ3) is 3.87. The summed E-state index contributed by atoms with van der Waals surface area (Å²) in [4.78, 5) is 37.4. The average molecular weight is 485 g/mol. The Morgan fingerprint density at radius 2 is 1.63 bits per heavy atom. The van der Waals surface area contributed by atoms with E-state index in [2.05, 4.69) is 19.9 Å². The van der Waals surface area contributed by atoms with E-state index in [9.17, 15) is 14.4 Å². The topological polar surface area (TPSA) is 101 Å². The van der Waals surface area contributed by atoms with Gasteiger partial charge in [0.15, 0.2) is 0 Å². The van der Waals surface area contributed by atoms with Gasteiger partial charge >= 0.3 is 17.9 Å². The summed E-state index contributed by atoms with van der Waals surface area (Å²) in [7, 11) is 0. The summed E-state index contributed by atoms with van der Waals surface area (Å²) in [6.07, 6.45) is 10.5. The van der Waals surface area contributed by atoms with E-state index in [1.165, 1.54) is 36.0 Å². The SMILES string of the molecule is CC1=CC(=O)OC[C@]23CCC(C)=C[C@H]2O[C@@H]2CC(OC(=O)C=CC=CC(=O)OCC1)[C@]3(C)[C@]21CO1. The number of hydrogen-bond donors (Lipinski definition) is 0. The van der Waals surface area contributed by atoms with Crippen LogP contribution in [0.15, 0.2) is 47.6 Å². The molecule has 8 nitrogen and oxygen atoms in total. The highest BCUT2D eigenvalue weighted by molar-refractivity contribution is 5.85. The zero-order chi connectivity index (χ0) is 24.8. The Hall–Kier alpha value is -2.71. The van der Waals surface area contributed by atoms with Crippen LogP contribution in [0.4, 0.5) is 0 Å². The minimum absolute atomic E-state index is 0.125. The van der Waals surface area contributed by atoms with Crippen LogP contribution < -0.4 is 0 Å². The van der Waals surface area contributed by atoms with E-state index < -0.39 is 40.4 Å². The Morgan fingerprint density at radius 1 is 0.886 bits per heavy atom. The van der Waals surface area contributed by atoms with Crippen molar-refractivity contribution in [2.75, 3.05) is 19.8 Å². The van der Waals surface area contributed by atoms with Crippen molar-refractivity contribution < 1.29 is 38.1 Å². The van der Waals surface area contributed by atoms with Gasteiger partial charge in [-0.2, -0.15) is 0 Å². The van der Waals surface area contributed by atoms with Crippen molar-refractivity contribution in [3.63, 3.8) is 0 Å². The highest BCUT2D eigenvalue weighted by atomic mass is 16.6. The van der Waals surface area contributed by atoms with Crippen LogP contribution in [0.5, 0.6) is 0 Å². The summed E-state index contributed by atoms with van der Waals surface area (Å²) < 4.78 is 29.7. The molecule has 0 aromatic rings. The molecule has 3 fully saturated rings. The molecular formula is C27H32O8. The van der Waals surface area contributed by atoms with Crippen molar-refractivity contribution in [3.8, 4) is 0 Å². The summed E-state index contributed by atoms with van der Waals surface area (Å²) >= 11 is 0. The molecule has 2 spiro atoms. The third-order valence-electron chi connectivity index (χ3n) is 8.63. The van der Waals surface area contributed by atoms with Crippen LogP contribution in [0.25, 0.3) is 0 Å². The van der Waals surface area contributed by atoms with Gasteiger partial charge in [0, 0.05) is 36.5 Å². The molecule has 5 aliphatic rings. The number of esters is 3. The zero-order valence-electron chi connectivity index (χ0n) is 20.4. The minimum Gasteiger partial charge on any atom is -0.462 e. The second-order valence-corrected chi connectivity index (χ2v) is 10.5. The molecule has 1 saturated carbocycles. The fraction of sp³-hybridized carbons (Fsp3) is 0.593. The number of carbonyl (C=O) groups is 3. The van der Waals surface area contributed by atoms with E-state index in [0.717, 1.165) is 18.4 Å². The third-order valence-corrected chi connectivity index (χ3v) is 8.63. The van der Waals surface area contributed by atoms with Crippen LogP contribution in [0.2, 0.25) is 0 Å². The van der Waals surface area contributed by atoms with Gasteiger partial charge < -0.3 is 23.7 Å². The number of cyclic esters (lactones) is 2. The highest BCUT2D eigenvalue weighted by Gasteiger charge is 2.83. The summed E-state index contributed by atoms with van der Waals surface area (Å²) in [5, 5.41) is 0. The van der Waals surface area contributed by atoms with Gasteiger partial charge in [-0.15, -0.1) is 0 Å². The molecule has 2 aliphatic carbocycles.